The van der Waals surface area contributed by atoms with Crippen LogP contribution in [0.25, 0.3) is 0 Å². The molecule has 0 spiro atoms. The van der Waals surface area contributed by atoms with E-state index in [4.69, 9.17) is 5.73 Å². The van der Waals surface area contributed by atoms with Gasteiger partial charge in [0.15, 0.2) is 0 Å². The van der Waals surface area contributed by atoms with Crippen molar-refractivity contribution < 1.29 is 43.9 Å². The topological polar surface area (TPSA) is 69.1 Å². The van der Waals surface area contributed by atoms with E-state index in [0.29, 0.717) is 13.0 Å². The van der Waals surface area contributed by atoms with Crippen molar-refractivity contribution >= 4 is 5.91 Å². The molecule has 0 heterocycles. The van der Waals surface area contributed by atoms with Gasteiger partial charge in [-0.15, -0.1) is 0 Å². The zero-order valence-electron chi connectivity index (χ0n) is 9.60. The summed E-state index contributed by atoms with van der Waals surface area (Å²) < 4.78 is 0. The number of amides is 1. The van der Waals surface area contributed by atoms with E-state index in [2.05, 4.69) is 19.6 Å². The van der Waals surface area contributed by atoms with Gasteiger partial charge in [0.05, 0.1) is 0 Å². The summed E-state index contributed by atoms with van der Waals surface area (Å²) in [6, 6.07) is 0. The first-order valence-electron chi connectivity index (χ1n) is 3.46. The van der Waals surface area contributed by atoms with Gasteiger partial charge in [0.25, 0.3) is 0 Å². The summed E-state index contributed by atoms with van der Waals surface area (Å²) in [5.41, 5.74) is 9.61. The van der Waals surface area contributed by atoms with Crippen molar-refractivity contribution in [3.05, 3.63) is 6.92 Å². The Morgan fingerprint density at radius 3 is 1.83 bits per heavy atom. The van der Waals surface area contributed by atoms with Crippen LogP contribution in [0.3, 0.4) is 0 Å². The third kappa shape index (κ3) is 46.0. The maximum absolute atomic E-state index is 9.74. The number of nitrogens with two attached hydrogens (primary N) is 2. The molecule has 0 aromatic carbocycles. The molecular formula is C7H18Li2N2O. The molecule has 0 fully saturated rings. The van der Waals surface area contributed by atoms with Gasteiger partial charge in [0.1, 0.15) is 0 Å². The minimum atomic E-state index is -0.336. The fraction of sp³-hybridized carbons (Fsp3) is 0.714. The number of hydrogen-bond acceptors (Lipinski definition) is 2. The Balaban J connectivity index is -0.0000000279. The second-order valence-corrected chi connectivity index (χ2v) is 1.86. The van der Waals surface area contributed by atoms with Gasteiger partial charge in [-0.2, -0.15) is 6.42 Å². The van der Waals surface area contributed by atoms with Crippen molar-refractivity contribution in [2.45, 2.75) is 26.2 Å². The van der Waals surface area contributed by atoms with E-state index in [1.807, 2.05) is 0 Å². The van der Waals surface area contributed by atoms with Crippen LogP contribution in [0.5, 0.6) is 0 Å². The maximum atomic E-state index is 9.74. The quantitative estimate of drug-likeness (QED) is 0.319. The van der Waals surface area contributed by atoms with Crippen LogP contribution >= 0.6 is 0 Å². The average molecular weight is 160 g/mol. The number of hydrogen-bond donors (Lipinski definition) is 2. The second-order valence-electron chi connectivity index (χ2n) is 1.86. The molecule has 1 amide bonds. The van der Waals surface area contributed by atoms with E-state index >= 15 is 0 Å². The molecule has 0 saturated carbocycles. The van der Waals surface area contributed by atoms with Crippen LogP contribution in [0.2, 0.25) is 0 Å². The van der Waals surface area contributed by atoms with Crippen LogP contribution in [-0.2, 0) is 4.79 Å². The number of carbonyl (C=O) groups is 1. The maximum Gasteiger partial charge on any atom is 1.00 e. The van der Waals surface area contributed by atoms with E-state index in [9.17, 15) is 4.79 Å². The van der Waals surface area contributed by atoms with Gasteiger partial charge in [-0.25, -0.2) is 0 Å². The minimum absolute atomic E-state index is 0. The SMILES string of the molecule is NCCC(N)=O.[CH2-]CCC.[H-].[Li+].[Li+]. The van der Waals surface area contributed by atoms with Gasteiger partial charge in [0, 0.05) is 13.0 Å². The largest absolute Gasteiger partial charge is 1.00 e. The summed E-state index contributed by atoms with van der Waals surface area (Å²) in [4.78, 5) is 9.74. The molecule has 0 rings (SSSR count). The third-order valence-corrected chi connectivity index (χ3v) is 0.744. The molecule has 0 aliphatic heterocycles. The molecule has 0 radical (unpaired) electrons. The second kappa shape index (κ2) is 22.6. The Morgan fingerprint density at radius 2 is 1.83 bits per heavy atom. The van der Waals surface area contributed by atoms with Crippen molar-refractivity contribution in [1.29, 1.82) is 0 Å². The molecule has 0 aromatic heterocycles. The summed E-state index contributed by atoms with van der Waals surface area (Å²) in [7, 11) is 0. The summed E-state index contributed by atoms with van der Waals surface area (Å²) >= 11 is 0. The van der Waals surface area contributed by atoms with Gasteiger partial charge < -0.3 is 19.8 Å². The van der Waals surface area contributed by atoms with Crippen LogP contribution in [-0.4, -0.2) is 12.5 Å². The first-order valence-corrected chi connectivity index (χ1v) is 3.46. The van der Waals surface area contributed by atoms with Crippen LogP contribution in [0, 0.1) is 6.92 Å². The van der Waals surface area contributed by atoms with Gasteiger partial charge >= 0.3 is 37.7 Å². The van der Waals surface area contributed by atoms with Crippen LogP contribution in [0.4, 0.5) is 0 Å². The van der Waals surface area contributed by atoms with E-state index in [0.717, 1.165) is 6.42 Å². The summed E-state index contributed by atoms with van der Waals surface area (Å²) in [5.74, 6) is -0.336. The summed E-state index contributed by atoms with van der Waals surface area (Å²) in [5, 5.41) is 0. The van der Waals surface area contributed by atoms with Gasteiger partial charge in [-0.1, -0.05) is 13.3 Å². The molecule has 0 unspecified atom stereocenters. The predicted molar refractivity (Wildman–Crippen MR) is 44.2 cm³/mol. The number of rotatable bonds is 3. The zero-order chi connectivity index (χ0) is 8.41. The number of unbranched alkanes of at least 4 members (excludes halogenated alkanes) is 1. The van der Waals surface area contributed by atoms with E-state index < -0.39 is 0 Å². The van der Waals surface area contributed by atoms with Crippen molar-refractivity contribution in [1.82, 2.24) is 0 Å². The Morgan fingerprint density at radius 1 is 1.50 bits per heavy atom. The Bertz CT molecular complexity index is 84.9. The standard InChI is InChI=1S/C4H9.C3H8N2O.2Li.H/c1-3-4-2;4-2-1-3(5)6;;;/h1,3-4H2,2H3;1-2,4H2,(H2,5,6);;;/q-1;;2*+1;-1. The van der Waals surface area contributed by atoms with Crippen LogP contribution in [0.1, 0.15) is 27.6 Å². The van der Waals surface area contributed by atoms with Gasteiger partial charge in [-0.3, -0.25) is 4.79 Å². The molecule has 64 valence electrons. The molecule has 0 bridgehead atoms. The average Bonchev–Trinajstić information content (AvgIpc) is 1.89. The molecular weight excluding hydrogens is 142 g/mol. The first kappa shape index (κ1) is 22.9. The van der Waals surface area contributed by atoms with Gasteiger partial charge in [0.2, 0.25) is 5.91 Å². The van der Waals surface area contributed by atoms with Crippen molar-refractivity contribution in [3.8, 4) is 0 Å². The van der Waals surface area contributed by atoms with Crippen LogP contribution < -0.4 is 49.2 Å². The normalized spacial score (nSPS) is 6.58. The van der Waals surface area contributed by atoms with E-state index in [1.165, 1.54) is 6.42 Å². The first-order chi connectivity index (χ1) is 4.68. The Labute approximate surface area is 101 Å². The molecule has 5 heteroatoms. The molecule has 12 heavy (non-hydrogen) atoms. The molecule has 0 atom stereocenters. The predicted octanol–water partition coefficient (Wildman–Crippen LogP) is -5.44. The van der Waals surface area contributed by atoms with E-state index in [1.54, 1.807) is 0 Å². The minimum Gasteiger partial charge on any atom is -1.00 e. The van der Waals surface area contributed by atoms with Crippen molar-refractivity contribution in [2.24, 2.45) is 11.5 Å². The number of primary amides is 1. The molecule has 0 saturated heterocycles. The van der Waals surface area contributed by atoms with Crippen molar-refractivity contribution in [2.75, 3.05) is 6.54 Å². The monoisotopic (exact) mass is 160 g/mol. The molecule has 3 nitrogen and oxygen atoms in total. The Kier molecular flexibility index (Phi) is 43.1. The molecule has 4 N–H and O–H groups in total. The zero-order valence-corrected chi connectivity index (χ0v) is 8.60. The molecule has 0 aliphatic rings. The molecule has 0 aliphatic carbocycles. The summed E-state index contributed by atoms with van der Waals surface area (Å²) in [6.07, 6.45) is 2.57. The summed E-state index contributed by atoms with van der Waals surface area (Å²) in [6.45, 7) is 6.08. The Hall–Kier alpha value is 0.625. The fourth-order valence-electron chi connectivity index (χ4n) is 0.142. The molecule has 0 aromatic rings. The number of carbonyl (C=O) groups excluding carboxylic acids is 1. The smallest absolute Gasteiger partial charge is 1.00 e. The fourth-order valence-corrected chi connectivity index (χ4v) is 0.142. The van der Waals surface area contributed by atoms with Gasteiger partial charge in [-0.05, 0) is 0 Å². The van der Waals surface area contributed by atoms with E-state index in [-0.39, 0.29) is 45.1 Å². The third-order valence-electron chi connectivity index (χ3n) is 0.744. The van der Waals surface area contributed by atoms with Crippen molar-refractivity contribution in [3.63, 3.8) is 0 Å². The van der Waals surface area contributed by atoms with Crippen LogP contribution in [0.15, 0.2) is 0 Å².